The molecule has 1 fully saturated rings. The summed E-state index contributed by atoms with van der Waals surface area (Å²) in [6, 6.07) is 1.98. The topological polar surface area (TPSA) is 70.1 Å². The molecule has 2 aromatic heterocycles. The number of nitrogens with one attached hydrogen (secondary N) is 1. The largest absolute Gasteiger partial charge is 0.370 e. The van der Waals surface area contributed by atoms with Gasteiger partial charge in [0, 0.05) is 69.6 Å². The molecule has 2 aromatic rings. The number of aromatic nitrogens is 4. The second kappa shape index (κ2) is 7.32. The molecule has 3 heterocycles. The van der Waals surface area contributed by atoms with Crippen molar-refractivity contribution in [1.82, 2.24) is 24.8 Å². The lowest BCUT2D eigenvalue weighted by Crippen LogP contribution is -2.46. The fourth-order valence-electron chi connectivity index (χ4n) is 2.71. The first-order chi connectivity index (χ1) is 11.2. The number of piperazine rings is 1. The summed E-state index contributed by atoms with van der Waals surface area (Å²) in [7, 11) is 0. The van der Waals surface area contributed by atoms with E-state index in [-0.39, 0.29) is 0 Å². The van der Waals surface area contributed by atoms with E-state index in [1.807, 2.05) is 19.2 Å². The van der Waals surface area contributed by atoms with Gasteiger partial charge < -0.3 is 10.2 Å². The van der Waals surface area contributed by atoms with Gasteiger partial charge in [0.25, 0.3) is 0 Å². The van der Waals surface area contributed by atoms with Gasteiger partial charge >= 0.3 is 0 Å². The second-order valence-corrected chi connectivity index (χ2v) is 5.68. The van der Waals surface area contributed by atoms with Crippen LogP contribution in [-0.4, -0.2) is 57.6 Å². The van der Waals surface area contributed by atoms with Gasteiger partial charge in [-0.05, 0) is 13.8 Å². The minimum absolute atomic E-state index is 0.820. The maximum Gasteiger partial charge on any atom is 0.227 e. The minimum atomic E-state index is 0.820. The van der Waals surface area contributed by atoms with Gasteiger partial charge in [-0.15, -0.1) is 0 Å². The Labute approximate surface area is 136 Å². The van der Waals surface area contributed by atoms with Gasteiger partial charge in [0.05, 0.1) is 5.69 Å². The van der Waals surface area contributed by atoms with Gasteiger partial charge in [0.2, 0.25) is 5.95 Å². The van der Waals surface area contributed by atoms with E-state index in [1.54, 1.807) is 12.4 Å². The molecule has 0 amide bonds. The Morgan fingerprint density at radius 2 is 1.96 bits per heavy atom. The SMILES string of the molecule is CCNc1cc(C)nc(N2CCN(Cc3cnccn3)CC2)n1. The van der Waals surface area contributed by atoms with Crippen molar-refractivity contribution in [2.75, 3.05) is 42.9 Å². The molecule has 122 valence electrons. The van der Waals surface area contributed by atoms with Gasteiger partial charge in [0.15, 0.2) is 0 Å². The number of nitrogens with zero attached hydrogens (tertiary/aromatic N) is 6. The highest BCUT2D eigenvalue weighted by atomic mass is 15.3. The highest BCUT2D eigenvalue weighted by Gasteiger charge is 2.20. The highest BCUT2D eigenvalue weighted by molar-refractivity contribution is 5.43. The summed E-state index contributed by atoms with van der Waals surface area (Å²) < 4.78 is 0. The van der Waals surface area contributed by atoms with Gasteiger partial charge in [-0.25, -0.2) is 4.98 Å². The average molecular weight is 313 g/mol. The van der Waals surface area contributed by atoms with Crippen LogP contribution in [0.2, 0.25) is 0 Å². The van der Waals surface area contributed by atoms with Gasteiger partial charge in [-0.1, -0.05) is 0 Å². The first-order valence-corrected chi connectivity index (χ1v) is 8.06. The molecule has 0 spiro atoms. The summed E-state index contributed by atoms with van der Waals surface area (Å²) in [4.78, 5) is 22.3. The molecule has 0 radical (unpaired) electrons. The van der Waals surface area contributed by atoms with Crippen molar-refractivity contribution < 1.29 is 0 Å². The average Bonchev–Trinajstić information content (AvgIpc) is 2.56. The second-order valence-electron chi connectivity index (χ2n) is 5.68. The first-order valence-electron chi connectivity index (χ1n) is 8.06. The number of hydrogen-bond donors (Lipinski definition) is 1. The predicted molar refractivity (Wildman–Crippen MR) is 90.5 cm³/mol. The van der Waals surface area contributed by atoms with E-state index >= 15 is 0 Å². The zero-order valence-corrected chi connectivity index (χ0v) is 13.7. The van der Waals surface area contributed by atoms with Crippen molar-refractivity contribution in [3.8, 4) is 0 Å². The van der Waals surface area contributed by atoms with Crippen LogP contribution < -0.4 is 10.2 Å². The molecule has 23 heavy (non-hydrogen) atoms. The zero-order chi connectivity index (χ0) is 16.1. The van der Waals surface area contributed by atoms with Crippen LogP contribution in [0.4, 0.5) is 11.8 Å². The third kappa shape index (κ3) is 4.13. The summed E-state index contributed by atoms with van der Waals surface area (Å²) in [6.07, 6.45) is 5.28. The molecule has 0 saturated carbocycles. The standard InChI is InChI=1S/C16H23N7/c1-3-18-15-10-13(2)20-16(21-15)23-8-6-22(7-9-23)12-14-11-17-4-5-19-14/h4-5,10-11H,3,6-9,12H2,1-2H3,(H,18,20,21). The van der Waals surface area contributed by atoms with Crippen LogP contribution in [0.15, 0.2) is 24.7 Å². The third-order valence-electron chi connectivity index (χ3n) is 3.86. The number of aryl methyl sites for hydroxylation is 1. The molecule has 0 aliphatic carbocycles. The highest BCUT2D eigenvalue weighted by Crippen LogP contribution is 2.16. The minimum Gasteiger partial charge on any atom is -0.370 e. The van der Waals surface area contributed by atoms with Crippen LogP contribution in [0.1, 0.15) is 18.3 Å². The van der Waals surface area contributed by atoms with Gasteiger partial charge in [0.1, 0.15) is 5.82 Å². The fourth-order valence-corrected chi connectivity index (χ4v) is 2.71. The van der Waals surface area contributed by atoms with Crippen molar-refractivity contribution in [2.24, 2.45) is 0 Å². The van der Waals surface area contributed by atoms with Crippen molar-refractivity contribution in [3.05, 3.63) is 36.0 Å². The summed E-state index contributed by atoms with van der Waals surface area (Å²) in [5.74, 6) is 1.72. The van der Waals surface area contributed by atoms with E-state index in [9.17, 15) is 0 Å². The Kier molecular flexibility index (Phi) is 4.97. The Hall–Kier alpha value is -2.28. The number of anilines is 2. The summed E-state index contributed by atoms with van der Waals surface area (Å²) in [5.41, 5.74) is 2.01. The van der Waals surface area contributed by atoms with E-state index in [0.717, 1.165) is 62.4 Å². The van der Waals surface area contributed by atoms with Crippen LogP contribution in [0.3, 0.4) is 0 Å². The molecule has 0 bridgehead atoms. The fraction of sp³-hybridized carbons (Fsp3) is 0.500. The number of rotatable bonds is 5. The quantitative estimate of drug-likeness (QED) is 0.893. The Morgan fingerprint density at radius 3 is 2.65 bits per heavy atom. The molecule has 1 aliphatic rings. The Morgan fingerprint density at radius 1 is 1.13 bits per heavy atom. The number of hydrogen-bond acceptors (Lipinski definition) is 7. The van der Waals surface area contributed by atoms with Gasteiger partial charge in [-0.2, -0.15) is 4.98 Å². The molecule has 3 rings (SSSR count). The van der Waals surface area contributed by atoms with E-state index in [1.165, 1.54) is 0 Å². The molecule has 1 aliphatic heterocycles. The van der Waals surface area contributed by atoms with E-state index < -0.39 is 0 Å². The predicted octanol–water partition coefficient (Wildman–Crippen LogP) is 1.33. The summed E-state index contributed by atoms with van der Waals surface area (Å²) in [5, 5.41) is 3.27. The van der Waals surface area contributed by atoms with E-state index in [2.05, 4.69) is 42.0 Å². The molecule has 1 saturated heterocycles. The van der Waals surface area contributed by atoms with Crippen LogP contribution in [-0.2, 0) is 6.54 Å². The van der Waals surface area contributed by atoms with Crippen LogP contribution in [0, 0.1) is 6.92 Å². The van der Waals surface area contributed by atoms with Crippen molar-refractivity contribution in [2.45, 2.75) is 20.4 Å². The van der Waals surface area contributed by atoms with Crippen molar-refractivity contribution >= 4 is 11.8 Å². The summed E-state index contributed by atoms with van der Waals surface area (Å²) in [6.45, 7) is 9.60. The van der Waals surface area contributed by atoms with Gasteiger partial charge in [-0.3, -0.25) is 14.9 Å². The van der Waals surface area contributed by atoms with Crippen molar-refractivity contribution in [3.63, 3.8) is 0 Å². The Balaban J connectivity index is 1.60. The Bertz CT molecular complexity index is 624. The van der Waals surface area contributed by atoms with Crippen LogP contribution in [0.5, 0.6) is 0 Å². The van der Waals surface area contributed by atoms with E-state index in [4.69, 9.17) is 0 Å². The lowest BCUT2D eigenvalue weighted by Gasteiger charge is -2.34. The zero-order valence-electron chi connectivity index (χ0n) is 13.7. The monoisotopic (exact) mass is 313 g/mol. The first kappa shape index (κ1) is 15.6. The van der Waals surface area contributed by atoms with E-state index in [0.29, 0.717) is 0 Å². The maximum absolute atomic E-state index is 4.62. The molecule has 7 nitrogen and oxygen atoms in total. The molecule has 0 aromatic carbocycles. The lowest BCUT2D eigenvalue weighted by atomic mass is 10.3. The smallest absolute Gasteiger partial charge is 0.227 e. The third-order valence-corrected chi connectivity index (χ3v) is 3.86. The molecular weight excluding hydrogens is 290 g/mol. The maximum atomic E-state index is 4.62. The molecule has 7 heteroatoms. The normalized spacial score (nSPS) is 15.7. The molecule has 0 unspecified atom stereocenters. The molecule has 1 N–H and O–H groups in total. The van der Waals surface area contributed by atoms with Crippen LogP contribution in [0.25, 0.3) is 0 Å². The van der Waals surface area contributed by atoms with Crippen molar-refractivity contribution in [1.29, 1.82) is 0 Å². The summed E-state index contributed by atoms with van der Waals surface area (Å²) >= 11 is 0. The van der Waals surface area contributed by atoms with Crippen LogP contribution >= 0.6 is 0 Å². The molecule has 0 atom stereocenters. The lowest BCUT2D eigenvalue weighted by molar-refractivity contribution is 0.245. The molecular formula is C16H23N7.